The monoisotopic (exact) mass is 217 g/mol. The first kappa shape index (κ1) is 8.20. The van der Waals surface area contributed by atoms with E-state index < -0.39 is 11.7 Å². The highest BCUT2D eigenvalue weighted by molar-refractivity contribution is 9.08. The second-order valence-electron chi connectivity index (χ2n) is 1.90. The maximum atomic E-state index is 12.7. The van der Waals surface area contributed by atoms with Crippen LogP contribution in [0.1, 0.15) is 10.4 Å². The van der Waals surface area contributed by atoms with Gasteiger partial charge in [0.05, 0.1) is 5.56 Å². The second-order valence-corrected chi connectivity index (χ2v) is 2.30. The van der Waals surface area contributed by atoms with Gasteiger partial charge >= 0.3 is 0 Å². The Labute approximate surface area is 71.8 Å². The smallest absolute Gasteiger partial charge is 0.264 e. The van der Waals surface area contributed by atoms with E-state index in [1.165, 1.54) is 18.2 Å². The number of hydrogen-bond donors (Lipinski definition) is 1. The molecule has 0 bridgehead atoms. The van der Waals surface area contributed by atoms with E-state index in [4.69, 9.17) is 0 Å². The Morgan fingerprint density at radius 2 is 2.09 bits per heavy atom. The average Bonchev–Trinajstić information content (AvgIpc) is 2.04. The lowest BCUT2D eigenvalue weighted by Crippen LogP contribution is -2.13. The fourth-order valence-electron chi connectivity index (χ4n) is 0.696. The van der Waals surface area contributed by atoms with Crippen LogP contribution in [0.25, 0.3) is 0 Å². The van der Waals surface area contributed by atoms with Crippen molar-refractivity contribution in [2.24, 2.45) is 0 Å². The number of halogens is 2. The van der Waals surface area contributed by atoms with E-state index in [1.54, 1.807) is 6.07 Å². The highest BCUT2D eigenvalue weighted by atomic mass is 79.9. The molecule has 0 saturated carbocycles. The molecule has 1 amide bonds. The Bertz CT molecular complexity index is 277. The van der Waals surface area contributed by atoms with Gasteiger partial charge in [-0.2, -0.15) is 0 Å². The summed E-state index contributed by atoms with van der Waals surface area (Å²) in [5.41, 5.74) is 0.0318. The van der Waals surface area contributed by atoms with Gasteiger partial charge in [-0.25, -0.2) is 4.39 Å². The van der Waals surface area contributed by atoms with Crippen molar-refractivity contribution >= 4 is 22.1 Å². The lowest BCUT2D eigenvalue weighted by Gasteiger charge is -1.97. The lowest BCUT2D eigenvalue weighted by atomic mass is 10.2. The molecule has 0 aliphatic carbocycles. The maximum Gasteiger partial charge on any atom is 0.264 e. The summed E-state index contributed by atoms with van der Waals surface area (Å²) in [5.74, 6) is -1.01. The van der Waals surface area contributed by atoms with Crippen LogP contribution in [0.4, 0.5) is 4.39 Å². The number of hydrogen-bond acceptors (Lipinski definition) is 1. The minimum atomic E-state index is -0.524. The van der Waals surface area contributed by atoms with Crippen molar-refractivity contribution in [3.8, 4) is 0 Å². The molecular formula is C7H5BrFNO. The van der Waals surface area contributed by atoms with Crippen LogP contribution in [-0.4, -0.2) is 5.91 Å². The van der Waals surface area contributed by atoms with Crippen molar-refractivity contribution in [2.45, 2.75) is 0 Å². The molecule has 11 heavy (non-hydrogen) atoms. The third-order valence-electron chi connectivity index (χ3n) is 1.20. The first-order chi connectivity index (χ1) is 5.25. The van der Waals surface area contributed by atoms with Crippen molar-refractivity contribution in [3.05, 3.63) is 35.6 Å². The standard InChI is InChI=1S/C7H5BrFNO/c8-10-7(11)5-3-1-2-4-6(5)9/h1-4H,(H,10,11). The molecule has 58 valence electrons. The predicted octanol–water partition coefficient (Wildman–Crippen LogP) is 1.87. The van der Waals surface area contributed by atoms with Crippen LogP contribution < -0.4 is 4.34 Å². The zero-order valence-corrected chi connectivity index (χ0v) is 7.06. The quantitative estimate of drug-likeness (QED) is 0.716. The summed E-state index contributed by atoms with van der Waals surface area (Å²) in [6.45, 7) is 0. The van der Waals surface area contributed by atoms with Gasteiger partial charge < -0.3 is 0 Å². The Balaban J connectivity index is 3.03. The molecule has 0 aliphatic rings. The molecule has 1 aromatic rings. The molecule has 0 unspecified atom stereocenters. The summed E-state index contributed by atoms with van der Waals surface area (Å²) >= 11 is 2.72. The van der Waals surface area contributed by atoms with Gasteiger partial charge in [-0.3, -0.25) is 9.14 Å². The van der Waals surface area contributed by atoms with E-state index in [0.717, 1.165) is 0 Å². The molecule has 0 radical (unpaired) electrons. The van der Waals surface area contributed by atoms with E-state index in [2.05, 4.69) is 20.5 Å². The number of benzene rings is 1. The van der Waals surface area contributed by atoms with E-state index in [9.17, 15) is 9.18 Å². The molecule has 0 spiro atoms. The van der Waals surface area contributed by atoms with Crippen LogP contribution in [0.3, 0.4) is 0 Å². The summed E-state index contributed by atoms with van der Waals surface area (Å²) in [7, 11) is 0. The lowest BCUT2D eigenvalue weighted by molar-refractivity contribution is 0.0982. The highest BCUT2D eigenvalue weighted by Crippen LogP contribution is 2.05. The van der Waals surface area contributed by atoms with E-state index in [-0.39, 0.29) is 5.56 Å². The average molecular weight is 218 g/mol. The third kappa shape index (κ3) is 1.77. The zero-order valence-electron chi connectivity index (χ0n) is 5.47. The van der Waals surface area contributed by atoms with Gasteiger partial charge in [0, 0.05) is 16.1 Å². The molecule has 0 aliphatic heterocycles. The summed E-state index contributed by atoms with van der Waals surface area (Å²) < 4.78 is 14.9. The highest BCUT2D eigenvalue weighted by Gasteiger charge is 2.07. The van der Waals surface area contributed by atoms with Crippen LogP contribution in [0.15, 0.2) is 24.3 Å². The molecule has 1 rings (SSSR count). The summed E-state index contributed by atoms with van der Waals surface area (Å²) in [6, 6.07) is 5.77. The van der Waals surface area contributed by atoms with Crippen molar-refractivity contribution in [1.82, 2.24) is 4.34 Å². The molecule has 1 N–H and O–H groups in total. The van der Waals surface area contributed by atoms with E-state index in [1.807, 2.05) is 0 Å². The second kappa shape index (κ2) is 3.48. The van der Waals surface area contributed by atoms with Gasteiger partial charge in [-0.15, -0.1) is 0 Å². The third-order valence-corrected chi connectivity index (χ3v) is 1.56. The largest absolute Gasteiger partial charge is 0.288 e. The number of amides is 1. The van der Waals surface area contributed by atoms with Crippen LogP contribution in [-0.2, 0) is 0 Å². The summed E-state index contributed by atoms with van der Waals surface area (Å²) in [5, 5.41) is 0. The summed E-state index contributed by atoms with van der Waals surface area (Å²) in [6.07, 6.45) is 0. The minimum Gasteiger partial charge on any atom is -0.288 e. The van der Waals surface area contributed by atoms with Gasteiger partial charge in [0.25, 0.3) is 5.91 Å². The van der Waals surface area contributed by atoms with E-state index in [0.29, 0.717) is 0 Å². The Morgan fingerprint density at radius 1 is 1.45 bits per heavy atom. The van der Waals surface area contributed by atoms with Crippen LogP contribution in [0.2, 0.25) is 0 Å². The molecule has 0 aromatic heterocycles. The Kier molecular flexibility index (Phi) is 2.59. The normalized spacial score (nSPS) is 9.27. The van der Waals surface area contributed by atoms with Gasteiger partial charge in [0.15, 0.2) is 0 Å². The van der Waals surface area contributed by atoms with Crippen LogP contribution in [0.5, 0.6) is 0 Å². The number of nitrogens with one attached hydrogen (secondary N) is 1. The molecule has 0 heterocycles. The molecule has 0 fully saturated rings. The molecule has 2 nitrogen and oxygen atoms in total. The fraction of sp³-hybridized carbons (Fsp3) is 0. The van der Waals surface area contributed by atoms with Crippen LogP contribution in [0, 0.1) is 5.82 Å². The first-order valence-electron chi connectivity index (χ1n) is 2.91. The van der Waals surface area contributed by atoms with Crippen molar-refractivity contribution < 1.29 is 9.18 Å². The van der Waals surface area contributed by atoms with Crippen molar-refractivity contribution in [2.75, 3.05) is 0 Å². The van der Waals surface area contributed by atoms with Gasteiger partial charge in [-0.1, -0.05) is 12.1 Å². The number of rotatable bonds is 1. The van der Waals surface area contributed by atoms with Gasteiger partial charge in [-0.05, 0) is 12.1 Å². The van der Waals surface area contributed by atoms with Crippen LogP contribution >= 0.6 is 16.1 Å². The summed E-state index contributed by atoms with van der Waals surface area (Å²) in [4.78, 5) is 10.8. The zero-order chi connectivity index (χ0) is 8.27. The minimum absolute atomic E-state index is 0.0318. The van der Waals surface area contributed by atoms with Crippen molar-refractivity contribution in [3.63, 3.8) is 0 Å². The molecule has 0 saturated heterocycles. The molecular weight excluding hydrogens is 213 g/mol. The van der Waals surface area contributed by atoms with Crippen molar-refractivity contribution in [1.29, 1.82) is 0 Å². The Hall–Kier alpha value is -0.900. The van der Waals surface area contributed by atoms with E-state index >= 15 is 0 Å². The molecule has 4 heteroatoms. The number of carbonyl (C=O) groups is 1. The predicted molar refractivity (Wildman–Crippen MR) is 42.8 cm³/mol. The van der Waals surface area contributed by atoms with Gasteiger partial charge in [0.1, 0.15) is 5.82 Å². The fourth-order valence-corrected chi connectivity index (χ4v) is 0.910. The molecule has 0 atom stereocenters. The SMILES string of the molecule is O=C(NBr)c1ccccc1F. The first-order valence-corrected chi connectivity index (χ1v) is 3.70. The molecule has 1 aromatic carbocycles. The maximum absolute atomic E-state index is 12.7. The van der Waals surface area contributed by atoms with Gasteiger partial charge in [0.2, 0.25) is 0 Å². The number of carbonyl (C=O) groups excluding carboxylic acids is 1. The topological polar surface area (TPSA) is 29.1 Å². The Morgan fingerprint density at radius 3 is 2.64 bits per heavy atom.